The lowest BCUT2D eigenvalue weighted by Crippen LogP contribution is -1.89. The minimum absolute atomic E-state index is 0.219. The molecule has 76 valence electrons. The number of benzene rings is 1. The molecule has 0 bridgehead atoms. The molecule has 0 aliphatic carbocycles. The van der Waals surface area contributed by atoms with E-state index in [0.29, 0.717) is 0 Å². The van der Waals surface area contributed by atoms with Crippen LogP contribution in [0.1, 0.15) is 11.8 Å². The van der Waals surface area contributed by atoms with Crippen LogP contribution in [-0.4, -0.2) is 18.7 Å². The molecular formula is C12H11NO2. The van der Waals surface area contributed by atoms with Gasteiger partial charge in [-0.3, -0.25) is 0 Å². The smallest absolute Gasteiger partial charge is 0.123 e. The molecule has 0 radical (unpaired) electrons. The number of hydrogen-bond acceptors (Lipinski definition) is 3. The lowest BCUT2D eigenvalue weighted by molar-refractivity contribution is 0.411. The fourth-order valence-corrected chi connectivity index (χ4v) is 1.64. The summed E-state index contributed by atoms with van der Waals surface area (Å²) < 4.78 is 10.4. The van der Waals surface area contributed by atoms with Crippen molar-refractivity contribution in [3.05, 3.63) is 36.0 Å². The number of ether oxygens (including phenoxy) is 2. The highest BCUT2D eigenvalue weighted by Gasteiger charge is 2.26. The Hall–Kier alpha value is -1.61. The zero-order chi connectivity index (χ0) is 10.3. The predicted molar refractivity (Wildman–Crippen MR) is 57.0 cm³/mol. The molecule has 1 fully saturated rings. The minimum Gasteiger partial charge on any atom is -0.497 e. The number of hydrogen-bond donors (Lipinski definition) is 0. The number of rotatable bonds is 2. The van der Waals surface area contributed by atoms with E-state index in [0.717, 1.165) is 29.0 Å². The molecular weight excluding hydrogens is 190 g/mol. The normalized spacial score (nSPS) is 19.1. The number of fused-ring (bicyclic) bond motifs is 1. The van der Waals surface area contributed by atoms with Gasteiger partial charge < -0.3 is 9.47 Å². The standard InChI is InChI=1S/C12H11NO2/c1-14-9-3-5-10-8(6-9)2-4-11(13-10)12-7-15-12/h2-6,12H,7H2,1H3/t12-/m1/s1. The van der Waals surface area contributed by atoms with Gasteiger partial charge in [0, 0.05) is 5.39 Å². The van der Waals surface area contributed by atoms with Crippen molar-refractivity contribution in [2.24, 2.45) is 0 Å². The van der Waals surface area contributed by atoms with Crippen LogP contribution < -0.4 is 4.74 Å². The first-order valence-electron chi connectivity index (χ1n) is 4.93. The number of nitrogens with zero attached hydrogens (tertiary/aromatic N) is 1. The average molecular weight is 201 g/mol. The maximum absolute atomic E-state index is 5.20. The minimum atomic E-state index is 0.219. The summed E-state index contributed by atoms with van der Waals surface area (Å²) in [7, 11) is 1.67. The van der Waals surface area contributed by atoms with Crippen LogP contribution in [0.4, 0.5) is 0 Å². The summed E-state index contributed by atoms with van der Waals surface area (Å²) >= 11 is 0. The number of aromatic nitrogens is 1. The highest BCUT2D eigenvalue weighted by molar-refractivity contribution is 5.80. The molecule has 0 spiro atoms. The van der Waals surface area contributed by atoms with Gasteiger partial charge in [0.25, 0.3) is 0 Å². The summed E-state index contributed by atoms with van der Waals surface area (Å²) in [6.45, 7) is 0.800. The van der Waals surface area contributed by atoms with E-state index in [-0.39, 0.29) is 6.10 Å². The van der Waals surface area contributed by atoms with Crippen molar-refractivity contribution in [1.29, 1.82) is 0 Å². The first-order valence-corrected chi connectivity index (χ1v) is 4.93. The van der Waals surface area contributed by atoms with E-state index in [9.17, 15) is 0 Å². The van der Waals surface area contributed by atoms with E-state index >= 15 is 0 Å². The summed E-state index contributed by atoms with van der Waals surface area (Å²) in [5, 5.41) is 1.10. The highest BCUT2D eigenvalue weighted by atomic mass is 16.6. The van der Waals surface area contributed by atoms with Gasteiger partial charge in [0.2, 0.25) is 0 Å². The molecule has 0 saturated carbocycles. The van der Waals surface area contributed by atoms with Crippen molar-refractivity contribution in [3.63, 3.8) is 0 Å². The fraction of sp³-hybridized carbons (Fsp3) is 0.250. The molecule has 3 nitrogen and oxygen atoms in total. The van der Waals surface area contributed by atoms with Gasteiger partial charge in [-0.05, 0) is 24.3 Å². The molecule has 2 aromatic rings. The second-order valence-electron chi connectivity index (χ2n) is 3.62. The highest BCUT2D eigenvalue weighted by Crippen LogP contribution is 2.30. The summed E-state index contributed by atoms with van der Waals surface area (Å²) in [5.41, 5.74) is 2.01. The van der Waals surface area contributed by atoms with Gasteiger partial charge in [-0.2, -0.15) is 0 Å². The summed E-state index contributed by atoms with van der Waals surface area (Å²) in [5.74, 6) is 0.861. The average Bonchev–Trinajstić information content (AvgIpc) is 3.11. The second kappa shape index (κ2) is 3.21. The van der Waals surface area contributed by atoms with E-state index in [1.165, 1.54) is 0 Å². The summed E-state index contributed by atoms with van der Waals surface area (Å²) in [4.78, 5) is 4.53. The molecule has 1 aromatic carbocycles. The van der Waals surface area contributed by atoms with E-state index in [1.807, 2.05) is 24.3 Å². The number of methoxy groups -OCH3 is 1. The quantitative estimate of drug-likeness (QED) is 0.699. The second-order valence-corrected chi connectivity index (χ2v) is 3.62. The third kappa shape index (κ3) is 1.55. The van der Waals surface area contributed by atoms with Gasteiger partial charge in [0.15, 0.2) is 0 Å². The fourth-order valence-electron chi connectivity index (χ4n) is 1.64. The lowest BCUT2D eigenvalue weighted by Gasteiger charge is -2.03. The lowest BCUT2D eigenvalue weighted by atomic mass is 10.2. The molecule has 0 amide bonds. The van der Waals surface area contributed by atoms with Gasteiger partial charge in [0.05, 0.1) is 24.9 Å². The molecule has 3 rings (SSSR count). The Balaban J connectivity index is 2.11. The SMILES string of the molecule is COc1ccc2nc([C@H]3CO3)ccc2c1. The maximum atomic E-state index is 5.20. The van der Waals surface area contributed by atoms with Crippen LogP contribution in [0, 0.1) is 0 Å². The molecule has 1 atom stereocenters. The molecule has 1 saturated heterocycles. The third-order valence-electron chi connectivity index (χ3n) is 2.58. The van der Waals surface area contributed by atoms with E-state index in [4.69, 9.17) is 9.47 Å². The van der Waals surface area contributed by atoms with E-state index < -0.39 is 0 Å². The van der Waals surface area contributed by atoms with Gasteiger partial charge in [0.1, 0.15) is 11.9 Å². The number of epoxide rings is 1. The zero-order valence-corrected chi connectivity index (χ0v) is 8.43. The van der Waals surface area contributed by atoms with Gasteiger partial charge >= 0.3 is 0 Å². The monoisotopic (exact) mass is 201 g/mol. The van der Waals surface area contributed by atoms with Crippen LogP contribution in [-0.2, 0) is 4.74 Å². The summed E-state index contributed by atoms with van der Waals surface area (Å²) in [6.07, 6.45) is 0.219. The van der Waals surface area contributed by atoms with Gasteiger partial charge in [-0.1, -0.05) is 6.07 Å². The molecule has 0 N–H and O–H groups in total. The summed E-state index contributed by atoms with van der Waals surface area (Å²) in [6, 6.07) is 9.95. The molecule has 1 aliphatic heterocycles. The molecule has 0 unspecified atom stereocenters. The van der Waals surface area contributed by atoms with Crippen LogP contribution in [0.5, 0.6) is 5.75 Å². The Morgan fingerprint density at radius 2 is 2.20 bits per heavy atom. The largest absolute Gasteiger partial charge is 0.497 e. The Kier molecular flexibility index (Phi) is 1.86. The molecule has 3 heteroatoms. The van der Waals surface area contributed by atoms with E-state index in [2.05, 4.69) is 11.1 Å². The van der Waals surface area contributed by atoms with Crippen molar-refractivity contribution in [2.45, 2.75) is 6.10 Å². The van der Waals surface area contributed by atoms with Crippen molar-refractivity contribution in [2.75, 3.05) is 13.7 Å². The van der Waals surface area contributed by atoms with E-state index in [1.54, 1.807) is 7.11 Å². The first kappa shape index (κ1) is 8.68. The van der Waals surface area contributed by atoms with Gasteiger partial charge in [-0.15, -0.1) is 0 Å². The maximum Gasteiger partial charge on any atom is 0.123 e. The Morgan fingerprint density at radius 1 is 1.33 bits per heavy atom. The van der Waals surface area contributed by atoms with Crippen molar-refractivity contribution < 1.29 is 9.47 Å². The third-order valence-corrected chi connectivity index (χ3v) is 2.58. The van der Waals surface area contributed by atoms with Crippen molar-refractivity contribution in [3.8, 4) is 5.75 Å². The van der Waals surface area contributed by atoms with Crippen molar-refractivity contribution in [1.82, 2.24) is 4.98 Å². The Morgan fingerprint density at radius 3 is 2.93 bits per heavy atom. The molecule has 15 heavy (non-hydrogen) atoms. The zero-order valence-electron chi connectivity index (χ0n) is 8.43. The predicted octanol–water partition coefficient (Wildman–Crippen LogP) is 2.31. The van der Waals surface area contributed by atoms with Crippen LogP contribution in [0.25, 0.3) is 10.9 Å². The van der Waals surface area contributed by atoms with Crippen LogP contribution in [0.2, 0.25) is 0 Å². The molecule has 1 aromatic heterocycles. The topological polar surface area (TPSA) is 34.6 Å². The van der Waals surface area contributed by atoms with Crippen molar-refractivity contribution >= 4 is 10.9 Å². The van der Waals surface area contributed by atoms with Crippen LogP contribution in [0.15, 0.2) is 30.3 Å². The Labute approximate surface area is 87.6 Å². The molecule has 2 heterocycles. The number of pyridine rings is 1. The first-order chi connectivity index (χ1) is 7.36. The van der Waals surface area contributed by atoms with Gasteiger partial charge in [-0.25, -0.2) is 4.98 Å². The molecule has 1 aliphatic rings. The van der Waals surface area contributed by atoms with Crippen LogP contribution >= 0.6 is 0 Å². The Bertz CT molecular complexity index is 506. The van der Waals surface area contributed by atoms with Crippen LogP contribution in [0.3, 0.4) is 0 Å².